The van der Waals surface area contributed by atoms with E-state index in [9.17, 15) is 4.79 Å². The fourth-order valence-corrected chi connectivity index (χ4v) is 2.48. The largest absolute Gasteiger partial charge is 0.454 e. The summed E-state index contributed by atoms with van der Waals surface area (Å²) in [7, 11) is 1.85. The molecule has 1 atom stereocenters. The van der Waals surface area contributed by atoms with Crippen LogP contribution in [0.25, 0.3) is 0 Å². The molecule has 2 aliphatic heterocycles. The third kappa shape index (κ3) is 2.19. The van der Waals surface area contributed by atoms with E-state index in [2.05, 4.69) is 15.5 Å². The van der Waals surface area contributed by atoms with Gasteiger partial charge in [-0.2, -0.15) is 0 Å². The number of anilines is 1. The van der Waals surface area contributed by atoms with Gasteiger partial charge < -0.3 is 25.0 Å². The molecule has 0 saturated carbocycles. The van der Waals surface area contributed by atoms with Gasteiger partial charge in [-0.3, -0.25) is 4.79 Å². The first kappa shape index (κ1) is 12.1. The van der Waals surface area contributed by atoms with Gasteiger partial charge in [-0.05, 0) is 19.2 Å². The highest BCUT2D eigenvalue weighted by molar-refractivity contribution is 5.87. The molecule has 1 aromatic rings. The lowest BCUT2D eigenvalue weighted by molar-refractivity contribution is -0.123. The predicted molar refractivity (Wildman–Crippen MR) is 70.6 cm³/mol. The number of likely N-dealkylation sites (N-methyl/N-ethyl adjacent to an activating group) is 1. The highest BCUT2D eigenvalue weighted by atomic mass is 16.7. The second-order valence-electron chi connectivity index (χ2n) is 4.60. The number of carbonyl (C=O) groups is 1. The second-order valence-corrected chi connectivity index (χ2v) is 4.60. The number of nitrogens with zero attached hydrogens (tertiary/aromatic N) is 1. The molecule has 6 heteroatoms. The number of nitrogens with one attached hydrogen (secondary N) is 2. The Morgan fingerprint density at radius 1 is 1.42 bits per heavy atom. The van der Waals surface area contributed by atoms with Gasteiger partial charge in [0.15, 0.2) is 11.5 Å². The van der Waals surface area contributed by atoms with Gasteiger partial charge in [-0.15, -0.1) is 0 Å². The maximum Gasteiger partial charge on any atom is 0.244 e. The summed E-state index contributed by atoms with van der Waals surface area (Å²) in [6.07, 6.45) is 0. The maximum absolute atomic E-state index is 12.0. The van der Waals surface area contributed by atoms with Crippen LogP contribution in [0.2, 0.25) is 0 Å². The van der Waals surface area contributed by atoms with Crippen molar-refractivity contribution in [3.63, 3.8) is 0 Å². The van der Waals surface area contributed by atoms with Crippen molar-refractivity contribution in [1.29, 1.82) is 0 Å². The van der Waals surface area contributed by atoms with Crippen LogP contribution < -0.4 is 25.0 Å². The molecule has 6 nitrogen and oxygen atoms in total. The normalized spacial score (nSPS) is 21.4. The molecule has 1 unspecified atom stereocenters. The van der Waals surface area contributed by atoms with Gasteiger partial charge in [-0.1, -0.05) is 0 Å². The smallest absolute Gasteiger partial charge is 0.244 e. The summed E-state index contributed by atoms with van der Waals surface area (Å²) in [5.41, 5.74) is 0.986. The fourth-order valence-electron chi connectivity index (χ4n) is 2.48. The summed E-state index contributed by atoms with van der Waals surface area (Å²) in [6.45, 7) is 2.32. The Morgan fingerprint density at radius 2 is 2.26 bits per heavy atom. The number of fused-ring (bicyclic) bond motifs is 1. The predicted octanol–water partition coefficient (Wildman–Crippen LogP) is -0.0605. The molecule has 0 radical (unpaired) electrons. The SMILES string of the molecule is CNCC1C(=O)NCCN1c1ccc2c(c1)OCO2. The van der Waals surface area contributed by atoms with Gasteiger partial charge in [0.25, 0.3) is 0 Å². The lowest BCUT2D eigenvalue weighted by Gasteiger charge is -2.36. The molecule has 2 heterocycles. The molecule has 1 amide bonds. The topological polar surface area (TPSA) is 62.8 Å². The Labute approximate surface area is 111 Å². The fraction of sp³-hybridized carbons (Fsp3) is 0.462. The first-order chi connectivity index (χ1) is 9.29. The van der Waals surface area contributed by atoms with E-state index in [0.717, 1.165) is 23.7 Å². The zero-order chi connectivity index (χ0) is 13.2. The van der Waals surface area contributed by atoms with E-state index in [1.54, 1.807) is 0 Å². The monoisotopic (exact) mass is 263 g/mol. The number of benzene rings is 1. The standard InChI is InChI=1S/C13H17N3O3/c1-14-7-10-13(17)15-4-5-16(10)9-2-3-11-12(6-9)19-8-18-11/h2-3,6,10,14H,4-5,7-8H2,1H3,(H,15,17). The maximum atomic E-state index is 12.0. The Balaban J connectivity index is 1.88. The van der Waals surface area contributed by atoms with Gasteiger partial charge in [0.05, 0.1) is 0 Å². The molecule has 1 fully saturated rings. The highest BCUT2D eigenvalue weighted by Crippen LogP contribution is 2.36. The van der Waals surface area contributed by atoms with E-state index in [0.29, 0.717) is 13.1 Å². The molecule has 2 aliphatic rings. The Hall–Kier alpha value is -1.95. The molecule has 0 aromatic heterocycles. The van der Waals surface area contributed by atoms with Gasteiger partial charge in [0, 0.05) is 31.4 Å². The van der Waals surface area contributed by atoms with E-state index in [1.807, 2.05) is 25.2 Å². The number of carbonyl (C=O) groups excluding carboxylic acids is 1. The molecule has 1 aromatic carbocycles. The van der Waals surface area contributed by atoms with Crippen LogP contribution in [-0.4, -0.2) is 45.4 Å². The minimum absolute atomic E-state index is 0.0540. The summed E-state index contributed by atoms with van der Waals surface area (Å²) in [5, 5.41) is 5.95. The molecule has 0 spiro atoms. The van der Waals surface area contributed by atoms with Crippen molar-refractivity contribution in [1.82, 2.24) is 10.6 Å². The first-order valence-corrected chi connectivity index (χ1v) is 6.38. The second kappa shape index (κ2) is 4.97. The number of rotatable bonds is 3. The molecule has 3 rings (SSSR count). The van der Waals surface area contributed by atoms with Crippen molar-refractivity contribution >= 4 is 11.6 Å². The summed E-state index contributed by atoms with van der Waals surface area (Å²) in [4.78, 5) is 14.0. The van der Waals surface area contributed by atoms with Crippen molar-refractivity contribution in [2.24, 2.45) is 0 Å². The van der Waals surface area contributed by atoms with Gasteiger partial charge in [-0.25, -0.2) is 0 Å². The van der Waals surface area contributed by atoms with Crippen LogP contribution in [-0.2, 0) is 4.79 Å². The minimum atomic E-state index is -0.195. The van der Waals surface area contributed by atoms with Crippen molar-refractivity contribution in [3.05, 3.63) is 18.2 Å². The molecule has 19 heavy (non-hydrogen) atoms. The van der Waals surface area contributed by atoms with Gasteiger partial charge >= 0.3 is 0 Å². The third-order valence-electron chi connectivity index (χ3n) is 3.42. The molecule has 2 N–H and O–H groups in total. The van der Waals surface area contributed by atoms with Crippen molar-refractivity contribution < 1.29 is 14.3 Å². The summed E-state index contributed by atoms with van der Waals surface area (Å²) in [5.74, 6) is 1.56. The summed E-state index contributed by atoms with van der Waals surface area (Å²) in [6, 6.07) is 5.60. The zero-order valence-corrected chi connectivity index (χ0v) is 10.8. The third-order valence-corrected chi connectivity index (χ3v) is 3.42. The lowest BCUT2D eigenvalue weighted by Crippen LogP contribution is -2.58. The number of amides is 1. The lowest BCUT2D eigenvalue weighted by atomic mass is 10.1. The molecule has 102 valence electrons. The number of ether oxygens (including phenoxy) is 2. The highest BCUT2D eigenvalue weighted by Gasteiger charge is 2.30. The molecular formula is C13H17N3O3. The number of hydrogen-bond donors (Lipinski definition) is 2. The minimum Gasteiger partial charge on any atom is -0.454 e. The molecular weight excluding hydrogens is 246 g/mol. The van der Waals surface area contributed by atoms with Crippen LogP contribution in [0.1, 0.15) is 0 Å². The average molecular weight is 263 g/mol. The van der Waals surface area contributed by atoms with Gasteiger partial charge in [0.2, 0.25) is 12.7 Å². The van der Waals surface area contributed by atoms with Crippen molar-refractivity contribution in [2.45, 2.75) is 6.04 Å². The zero-order valence-electron chi connectivity index (χ0n) is 10.8. The Morgan fingerprint density at radius 3 is 3.11 bits per heavy atom. The summed E-state index contributed by atoms with van der Waals surface area (Å²) < 4.78 is 10.7. The van der Waals surface area contributed by atoms with E-state index >= 15 is 0 Å². The van der Waals surface area contributed by atoms with Crippen LogP contribution in [0, 0.1) is 0 Å². The Kier molecular flexibility index (Phi) is 3.16. The van der Waals surface area contributed by atoms with Crippen LogP contribution in [0.5, 0.6) is 11.5 Å². The average Bonchev–Trinajstić information content (AvgIpc) is 2.88. The van der Waals surface area contributed by atoms with E-state index in [4.69, 9.17) is 9.47 Å². The van der Waals surface area contributed by atoms with E-state index < -0.39 is 0 Å². The van der Waals surface area contributed by atoms with Gasteiger partial charge in [0.1, 0.15) is 6.04 Å². The van der Waals surface area contributed by atoms with Crippen LogP contribution >= 0.6 is 0 Å². The molecule has 0 aliphatic carbocycles. The van der Waals surface area contributed by atoms with E-state index in [1.165, 1.54) is 0 Å². The first-order valence-electron chi connectivity index (χ1n) is 6.38. The molecule has 0 bridgehead atoms. The van der Waals surface area contributed by atoms with Crippen LogP contribution in [0.4, 0.5) is 5.69 Å². The van der Waals surface area contributed by atoms with Crippen LogP contribution in [0.15, 0.2) is 18.2 Å². The summed E-state index contributed by atoms with van der Waals surface area (Å²) >= 11 is 0. The van der Waals surface area contributed by atoms with Crippen LogP contribution in [0.3, 0.4) is 0 Å². The molecule has 1 saturated heterocycles. The van der Waals surface area contributed by atoms with E-state index in [-0.39, 0.29) is 18.7 Å². The Bertz CT molecular complexity index is 492. The van der Waals surface area contributed by atoms with Crippen molar-refractivity contribution in [3.8, 4) is 11.5 Å². The number of hydrogen-bond acceptors (Lipinski definition) is 5. The quantitative estimate of drug-likeness (QED) is 0.800. The number of piperazine rings is 1. The van der Waals surface area contributed by atoms with Crippen molar-refractivity contribution in [2.75, 3.05) is 38.4 Å².